The van der Waals surface area contributed by atoms with E-state index in [4.69, 9.17) is 9.57 Å². The van der Waals surface area contributed by atoms with Crippen molar-refractivity contribution in [2.45, 2.75) is 47.0 Å². The van der Waals surface area contributed by atoms with Crippen LogP contribution in [0.15, 0.2) is 53.7 Å². The third kappa shape index (κ3) is 3.29. The molecule has 0 radical (unpaired) electrons. The summed E-state index contributed by atoms with van der Waals surface area (Å²) in [5.41, 5.74) is 1.85. The zero-order valence-corrected chi connectivity index (χ0v) is 19.3. The molecule has 1 amide bonds. The number of amides is 1. The summed E-state index contributed by atoms with van der Waals surface area (Å²) < 4.78 is 5.12. The second-order valence-corrected chi connectivity index (χ2v) is 9.68. The third-order valence-electron chi connectivity index (χ3n) is 8.04. The Morgan fingerprint density at radius 3 is 2.25 bits per heavy atom. The van der Waals surface area contributed by atoms with Gasteiger partial charge in [-0.15, -0.1) is 0 Å². The molecule has 2 aromatic rings. The number of anilines is 1. The number of hydrogen-bond acceptors (Lipinski definition) is 5. The number of carbonyl (C=O) groups is 2. The van der Waals surface area contributed by atoms with E-state index >= 15 is 0 Å². The molecule has 0 heterocycles. The summed E-state index contributed by atoms with van der Waals surface area (Å²) in [6.45, 7) is 8.40. The molecule has 6 nitrogen and oxygen atoms in total. The number of ether oxygens (including phenoxy) is 1. The lowest BCUT2D eigenvalue weighted by atomic mass is 9.64. The summed E-state index contributed by atoms with van der Waals surface area (Å²) >= 11 is 0. The molecule has 0 spiro atoms. The molecular weight excluding hydrogens is 404 g/mol. The Balaban J connectivity index is 1.55. The van der Waals surface area contributed by atoms with Gasteiger partial charge in [0.05, 0.1) is 23.8 Å². The number of oxime groups is 1. The van der Waals surface area contributed by atoms with Gasteiger partial charge in [0.1, 0.15) is 5.75 Å². The molecule has 0 saturated heterocycles. The maximum absolute atomic E-state index is 13.5. The Morgan fingerprint density at radius 2 is 1.62 bits per heavy atom. The van der Waals surface area contributed by atoms with Crippen LogP contribution in [0.2, 0.25) is 0 Å². The van der Waals surface area contributed by atoms with Gasteiger partial charge >= 0.3 is 5.97 Å². The number of methoxy groups -OCH3 is 1. The van der Waals surface area contributed by atoms with Crippen LogP contribution in [-0.2, 0) is 9.63 Å². The van der Waals surface area contributed by atoms with Gasteiger partial charge in [0.15, 0.2) is 0 Å². The zero-order valence-electron chi connectivity index (χ0n) is 19.3. The van der Waals surface area contributed by atoms with Crippen molar-refractivity contribution in [3.05, 3.63) is 59.7 Å². The van der Waals surface area contributed by atoms with Crippen LogP contribution in [0.1, 0.15) is 56.0 Å². The molecule has 2 fully saturated rings. The molecule has 2 aromatic carbocycles. The highest BCUT2D eigenvalue weighted by Gasteiger charge is 2.71. The van der Waals surface area contributed by atoms with Crippen LogP contribution in [0.3, 0.4) is 0 Å². The van der Waals surface area contributed by atoms with Crippen LogP contribution in [0, 0.1) is 23.2 Å². The molecule has 0 aromatic heterocycles. The van der Waals surface area contributed by atoms with Crippen molar-refractivity contribution in [1.29, 1.82) is 0 Å². The predicted octanol–water partition coefficient (Wildman–Crippen LogP) is 5.37. The third-order valence-corrected chi connectivity index (χ3v) is 8.04. The number of rotatable bonds is 5. The molecule has 2 atom stereocenters. The topological polar surface area (TPSA) is 77.0 Å². The van der Waals surface area contributed by atoms with E-state index in [1.165, 1.54) is 0 Å². The molecule has 0 aliphatic heterocycles. The van der Waals surface area contributed by atoms with Crippen molar-refractivity contribution >= 4 is 23.3 Å². The summed E-state index contributed by atoms with van der Waals surface area (Å²) in [6, 6.07) is 14.5. The van der Waals surface area contributed by atoms with Gasteiger partial charge in [-0.1, -0.05) is 43.6 Å². The van der Waals surface area contributed by atoms with E-state index in [0.717, 1.165) is 29.8 Å². The minimum absolute atomic E-state index is 0.00163. The maximum Gasteiger partial charge on any atom is 0.365 e. The van der Waals surface area contributed by atoms with E-state index in [-0.39, 0.29) is 16.7 Å². The van der Waals surface area contributed by atoms with E-state index in [1.807, 2.05) is 31.2 Å². The second-order valence-electron chi connectivity index (χ2n) is 9.68. The molecule has 168 valence electrons. The molecule has 4 rings (SSSR count). The van der Waals surface area contributed by atoms with Gasteiger partial charge in [0, 0.05) is 17.5 Å². The average Bonchev–Trinajstić information content (AvgIpc) is 3.09. The Kier molecular flexibility index (Phi) is 5.35. The van der Waals surface area contributed by atoms with Crippen LogP contribution >= 0.6 is 0 Å². The van der Waals surface area contributed by atoms with Crippen LogP contribution in [0.5, 0.6) is 5.75 Å². The van der Waals surface area contributed by atoms with Crippen LogP contribution in [0.4, 0.5) is 5.69 Å². The lowest BCUT2D eigenvalue weighted by Gasteiger charge is -2.39. The quantitative estimate of drug-likeness (QED) is 0.507. The minimum Gasteiger partial charge on any atom is -0.497 e. The van der Waals surface area contributed by atoms with Crippen molar-refractivity contribution in [2.24, 2.45) is 21.4 Å². The number of fused-ring (bicyclic) bond motifs is 2. The first-order valence-electron chi connectivity index (χ1n) is 10.9. The Morgan fingerprint density at radius 1 is 0.969 bits per heavy atom. The Labute approximate surface area is 189 Å². The fraction of sp³-hybridized carbons (Fsp3) is 0.423. The van der Waals surface area contributed by atoms with E-state index in [2.05, 4.69) is 31.2 Å². The fourth-order valence-corrected chi connectivity index (χ4v) is 5.29. The highest BCUT2D eigenvalue weighted by molar-refractivity contribution is 6.06. The summed E-state index contributed by atoms with van der Waals surface area (Å²) in [5, 5.41) is 7.40. The summed E-state index contributed by atoms with van der Waals surface area (Å²) in [5.74, 6) is 0.140. The molecule has 2 unspecified atom stereocenters. The van der Waals surface area contributed by atoms with E-state index in [9.17, 15) is 9.59 Å². The number of hydrogen-bond donors (Lipinski definition) is 1. The van der Waals surface area contributed by atoms with Gasteiger partial charge in [-0.25, -0.2) is 4.79 Å². The van der Waals surface area contributed by atoms with Gasteiger partial charge in [-0.05, 0) is 61.6 Å². The molecule has 2 saturated carbocycles. The van der Waals surface area contributed by atoms with E-state index < -0.39 is 11.4 Å². The van der Waals surface area contributed by atoms with Crippen molar-refractivity contribution in [3.63, 3.8) is 0 Å². The standard InChI is InChI=1S/C26H30N2O4/c1-17-6-10-19(11-7-17)27-23(30)26-15-14-25(4,24(26,2)3)21(16-26)28-32-22(29)18-8-12-20(31-5)13-9-18/h6-13H,14-16H2,1-5H3,(H,27,30)/b28-21+. The Bertz CT molecular complexity index is 1070. The lowest BCUT2D eigenvalue weighted by Crippen LogP contribution is -2.43. The first-order chi connectivity index (χ1) is 15.1. The van der Waals surface area contributed by atoms with Crippen molar-refractivity contribution in [3.8, 4) is 5.75 Å². The summed E-state index contributed by atoms with van der Waals surface area (Å²) in [7, 11) is 1.57. The van der Waals surface area contributed by atoms with Gasteiger partial charge in [-0.2, -0.15) is 0 Å². The molecule has 2 aliphatic rings. The normalized spacial score (nSPS) is 26.7. The summed E-state index contributed by atoms with van der Waals surface area (Å²) in [4.78, 5) is 31.4. The van der Waals surface area contributed by atoms with Crippen molar-refractivity contribution in [1.82, 2.24) is 0 Å². The maximum atomic E-state index is 13.5. The number of benzene rings is 2. The lowest BCUT2D eigenvalue weighted by molar-refractivity contribution is -0.130. The largest absolute Gasteiger partial charge is 0.497 e. The molecule has 2 aliphatic carbocycles. The average molecular weight is 435 g/mol. The van der Waals surface area contributed by atoms with Crippen LogP contribution < -0.4 is 10.1 Å². The van der Waals surface area contributed by atoms with Gasteiger partial charge < -0.3 is 14.9 Å². The van der Waals surface area contributed by atoms with E-state index in [0.29, 0.717) is 17.7 Å². The molecule has 1 N–H and O–H groups in total. The number of nitrogens with one attached hydrogen (secondary N) is 1. The molecular formula is C26H30N2O4. The van der Waals surface area contributed by atoms with Gasteiger partial charge in [-0.3, -0.25) is 4.79 Å². The van der Waals surface area contributed by atoms with Gasteiger partial charge in [0.2, 0.25) is 5.91 Å². The summed E-state index contributed by atoms with van der Waals surface area (Å²) in [6.07, 6.45) is 2.07. The van der Waals surface area contributed by atoms with Crippen molar-refractivity contribution in [2.75, 3.05) is 12.4 Å². The fourth-order valence-electron chi connectivity index (χ4n) is 5.29. The van der Waals surface area contributed by atoms with Crippen LogP contribution in [0.25, 0.3) is 0 Å². The smallest absolute Gasteiger partial charge is 0.365 e. The monoisotopic (exact) mass is 434 g/mol. The highest BCUT2D eigenvalue weighted by atomic mass is 16.7. The van der Waals surface area contributed by atoms with Crippen molar-refractivity contribution < 1.29 is 19.2 Å². The zero-order chi connectivity index (χ0) is 23.1. The molecule has 2 bridgehead atoms. The first-order valence-corrected chi connectivity index (χ1v) is 10.9. The molecule has 6 heteroatoms. The minimum atomic E-state index is -0.599. The van der Waals surface area contributed by atoms with Crippen LogP contribution in [-0.4, -0.2) is 24.7 Å². The SMILES string of the molecule is COc1ccc(C(=O)O/N=C2\CC3(C(=O)Nc4ccc(C)cc4)CCC2(C)C3(C)C)cc1. The number of nitrogens with zero attached hydrogens (tertiary/aromatic N) is 1. The van der Waals surface area contributed by atoms with E-state index in [1.54, 1.807) is 31.4 Å². The highest BCUT2D eigenvalue weighted by Crippen LogP contribution is 2.71. The van der Waals surface area contributed by atoms with Gasteiger partial charge in [0.25, 0.3) is 0 Å². The second kappa shape index (κ2) is 7.76. The molecule has 32 heavy (non-hydrogen) atoms. The number of aryl methyl sites for hydroxylation is 1. The number of carbonyl (C=O) groups excluding carboxylic acids is 2. The Hall–Kier alpha value is -3.15. The first kappa shape index (κ1) is 22.1. The predicted molar refractivity (Wildman–Crippen MR) is 124 cm³/mol.